The summed E-state index contributed by atoms with van der Waals surface area (Å²) in [6.45, 7) is 0. The van der Waals surface area contributed by atoms with Crippen molar-refractivity contribution >= 4 is 23.0 Å². The van der Waals surface area contributed by atoms with Gasteiger partial charge in [0.1, 0.15) is 0 Å². The summed E-state index contributed by atoms with van der Waals surface area (Å²) in [5.41, 5.74) is 5.74. The molecule has 0 radical (unpaired) electrons. The predicted octanol–water partition coefficient (Wildman–Crippen LogP) is 3.25. The third-order valence-electron chi connectivity index (χ3n) is 3.50. The lowest BCUT2D eigenvalue weighted by Gasteiger charge is -2.00. The maximum atomic E-state index is 11.8. The maximum absolute atomic E-state index is 11.8. The smallest absolute Gasteiger partial charge is 0.240 e. The Labute approximate surface area is 128 Å². The molecule has 22 heavy (non-hydrogen) atoms. The van der Waals surface area contributed by atoms with Gasteiger partial charge in [-0.3, -0.25) is 4.79 Å². The standard InChI is InChI=1S/C18H17N3O/c22-18(11-10-14-6-2-1-3-7-14)21-20-13-15-12-19-17-9-5-4-8-16(15)17/h1-9,12-13,19H,10-11H2,(H,21,22)/b20-13-. The van der Waals surface area contributed by atoms with Crippen LogP contribution in [-0.4, -0.2) is 17.1 Å². The molecule has 3 rings (SSSR count). The zero-order valence-corrected chi connectivity index (χ0v) is 12.1. The molecule has 4 nitrogen and oxygen atoms in total. The highest BCUT2D eigenvalue weighted by Crippen LogP contribution is 2.15. The third-order valence-corrected chi connectivity index (χ3v) is 3.50. The van der Waals surface area contributed by atoms with Crippen LogP contribution >= 0.6 is 0 Å². The van der Waals surface area contributed by atoms with Crippen LogP contribution in [0.4, 0.5) is 0 Å². The van der Waals surface area contributed by atoms with Crippen molar-refractivity contribution in [3.05, 3.63) is 71.9 Å². The lowest BCUT2D eigenvalue weighted by atomic mass is 10.1. The molecule has 2 aromatic carbocycles. The number of hydrogen-bond acceptors (Lipinski definition) is 2. The molecule has 0 unspecified atom stereocenters. The molecule has 1 aromatic heterocycles. The Morgan fingerprint density at radius 1 is 1.09 bits per heavy atom. The van der Waals surface area contributed by atoms with E-state index in [1.54, 1.807) is 6.21 Å². The number of nitrogens with zero attached hydrogens (tertiary/aromatic N) is 1. The van der Waals surface area contributed by atoms with Crippen molar-refractivity contribution in [3.8, 4) is 0 Å². The highest BCUT2D eigenvalue weighted by Gasteiger charge is 2.02. The molecule has 110 valence electrons. The molecule has 0 aliphatic carbocycles. The first kappa shape index (κ1) is 14.1. The van der Waals surface area contributed by atoms with Crippen molar-refractivity contribution in [2.24, 2.45) is 5.10 Å². The van der Waals surface area contributed by atoms with Gasteiger partial charge in [-0.25, -0.2) is 5.43 Å². The number of carbonyl (C=O) groups is 1. The topological polar surface area (TPSA) is 57.2 Å². The van der Waals surface area contributed by atoms with Crippen LogP contribution in [0.1, 0.15) is 17.5 Å². The number of aryl methyl sites for hydroxylation is 1. The number of nitrogens with one attached hydrogen (secondary N) is 2. The number of para-hydroxylation sites is 1. The molecule has 1 amide bonds. The van der Waals surface area contributed by atoms with E-state index in [1.807, 2.05) is 60.8 Å². The molecule has 1 heterocycles. The Morgan fingerprint density at radius 3 is 2.73 bits per heavy atom. The minimum Gasteiger partial charge on any atom is -0.361 e. The molecular formula is C18H17N3O. The summed E-state index contributed by atoms with van der Waals surface area (Å²) in [4.78, 5) is 14.9. The van der Waals surface area contributed by atoms with E-state index in [1.165, 1.54) is 0 Å². The number of H-pyrrole nitrogens is 1. The van der Waals surface area contributed by atoms with Gasteiger partial charge in [0.15, 0.2) is 0 Å². The second kappa shape index (κ2) is 6.72. The van der Waals surface area contributed by atoms with Gasteiger partial charge in [0.25, 0.3) is 0 Å². The predicted molar refractivity (Wildman–Crippen MR) is 88.8 cm³/mol. The van der Waals surface area contributed by atoms with Crippen LogP contribution < -0.4 is 5.43 Å². The van der Waals surface area contributed by atoms with Gasteiger partial charge < -0.3 is 4.98 Å². The fraction of sp³-hybridized carbons (Fsp3) is 0.111. The number of aromatic amines is 1. The fourth-order valence-electron chi connectivity index (χ4n) is 2.33. The Morgan fingerprint density at radius 2 is 1.86 bits per heavy atom. The molecule has 0 saturated heterocycles. The van der Waals surface area contributed by atoms with Gasteiger partial charge in [0.2, 0.25) is 5.91 Å². The molecule has 4 heteroatoms. The van der Waals surface area contributed by atoms with Crippen LogP contribution in [-0.2, 0) is 11.2 Å². The van der Waals surface area contributed by atoms with E-state index < -0.39 is 0 Å². The van der Waals surface area contributed by atoms with Gasteiger partial charge in [-0.05, 0) is 18.1 Å². The van der Waals surface area contributed by atoms with Crippen molar-refractivity contribution in [1.29, 1.82) is 0 Å². The average molecular weight is 291 g/mol. The maximum Gasteiger partial charge on any atom is 0.240 e. The molecule has 0 aliphatic heterocycles. The zero-order chi connectivity index (χ0) is 15.2. The lowest BCUT2D eigenvalue weighted by Crippen LogP contribution is -2.17. The second-order valence-corrected chi connectivity index (χ2v) is 5.07. The van der Waals surface area contributed by atoms with Crippen molar-refractivity contribution in [1.82, 2.24) is 10.4 Å². The molecule has 0 atom stereocenters. The first-order valence-electron chi connectivity index (χ1n) is 7.25. The SMILES string of the molecule is O=C(CCc1ccccc1)N/N=C\c1c[nH]c2ccccc12. The number of benzene rings is 2. The average Bonchev–Trinajstić information content (AvgIpc) is 2.97. The highest BCUT2D eigenvalue weighted by molar-refractivity contribution is 5.99. The summed E-state index contributed by atoms with van der Waals surface area (Å²) in [6.07, 6.45) is 4.69. The van der Waals surface area contributed by atoms with Crippen LogP contribution in [0.2, 0.25) is 0 Å². The van der Waals surface area contributed by atoms with Crippen LogP contribution in [0.25, 0.3) is 10.9 Å². The molecular weight excluding hydrogens is 274 g/mol. The summed E-state index contributed by atoms with van der Waals surface area (Å²) < 4.78 is 0. The van der Waals surface area contributed by atoms with E-state index in [4.69, 9.17) is 0 Å². The Hall–Kier alpha value is -2.88. The number of rotatable bonds is 5. The van der Waals surface area contributed by atoms with E-state index in [-0.39, 0.29) is 5.91 Å². The summed E-state index contributed by atoms with van der Waals surface area (Å²) in [5, 5.41) is 5.12. The van der Waals surface area contributed by atoms with Gasteiger partial charge in [0.05, 0.1) is 6.21 Å². The number of carbonyl (C=O) groups excluding carboxylic acids is 1. The van der Waals surface area contributed by atoms with Crippen molar-refractivity contribution in [2.45, 2.75) is 12.8 Å². The van der Waals surface area contributed by atoms with Gasteiger partial charge in [-0.1, -0.05) is 48.5 Å². The van der Waals surface area contributed by atoms with E-state index in [0.717, 1.165) is 28.5 Å². The Bertz CT molecular complexity index is 790. The van der Waals surface area contributed by atoms with Gasteiger partial charge in [0, 0.05) is 29.1 Å². The minimum absolute atomic E-state index is 0.0834. The Balaban J connectivity index is 1.54. The van der Waals surface area contributed by atoms with E-state index in [9.17, 15) is 4.79 Å². The molecule has 0 fully saturated rings. The number of aromatic nitrogens is 1. The molecule has 0 aliphatic rings. The van der Waals surface area contributed by atoms with Crippen LogP contribution in [0.3, 0.4) is 0 Å². The second-order valence-electron chi connectivity index (χ2n) is 5.07. The fourth-order valence-corrected chi connectivity index (χ4v) is 2.33. The monoisotopic (exact) mass is 291 g/mol. The van der Waals surface area contributed by atoms with Crippen LogP contribution in [0.15, 0.2) is 65.9 Å². The van der Waals surface area contributed by atoms with Crippen molar-refractivity contribution in [2.75, 3.05) is 0 Å². The molecule has 0 spiro atoms. The number of amides is 1. The van der Waals surface area contributed by atoms with Gasteiger partial charge in [-0.2, -0.15) is 5.10 Å². The van der Waals surface area contributed by atoms with Gasteiger partial charge >= 0.3 is 0 Å². The quantitative estimate of drug-likeness (QED) is 0.550. The summed E-state index contributed by atoms with van der Waals surface area (Å²) in [6, 6.07) is 17.9. The van der Waals surface area contributed by atoms with Crippen molar-refractivity contribution < 1.29 is 4.79 Å². The van der Waals surface area contributed by atoms with Crippen LogP contribution in [0, 0.1) is 0 Å². The number of hydrazone groups is 1. The van der Waals surface area contributed by atoms with Crippen LogP contribution in [0.5, 0.6) is 0 Å². The van der Waals surface area contributed by atoms with E-state index >= 15 is 0 Å². The first-order valence-corrected chi connectivity index (χ1v) is 7.25. The summed E-state index contributed by atoms with van der Waals surface area (Å²) in [7, 11) is 0. The van der Waals surface area contributed by atoms with E-state index in [0.29, 0.717) is 6.42 Å². The van der Waals surface area contributed by atoms with E-state index in [2.05, 4.69) is 15.5 Å². The first-order chi connectivity index (χ1) is 10.8. The molecule has 0 saturated carbocycles. The van der Waals surface area contributed by atoms with Crippen molar-refractivity contribution in [3.63, 3.8) is 0 Å². The zero-order valence-electron chi connectivity index (χ0n) is 12.1. The molecule has 0 bridgehead atoms. The minimum atomic E-state index is -0.0834. The third kappa shape index (κ3) is 3.41. The largest absolute Gasteiger partial charge is 0.361 e. The normalized spacial score (nSPS) is 11.1. The number of hydrogen-bond donors (Lipinski definition) is 2. The van der Waals surface area contributed by atoms with Gasteiger partial charge in [-0.15, -0.1) is 0 Å². The Kier molecular flexibility index (Phi) is 4.30. The highest BCUT2D eigenvalue weighted by atomic mass is 16.2. The number of fused-ring (bicyclic) bond motifs is 1. The molecule has 2 N–H and O–H groups in total. The summed E-state index contributed by atoms with van der Waals surface area (Å²) in [5.74, 6) is -0.0834. The summed E-state index contributed by atoms with van der Waals surface area (Å²) >= 11 is 0. The lowest BCUT2D eigenvalue weighted by molar-refractivity contribution is -0.121. The molecule has 3 aromatic rings.